The van der Waals surface area contributed by atoms with Gasteiger partial charge >= 0.3 is 4.87 Å². The minimum absolute atomic E-state index is 0.0161. The Morgan fingerprint density at radius 2 is 1.58 bits per heavy atom. The molecule has 2 N–H and O–H groups in total. The van der Waals surface area contributed by atoms with Crippen molar-refractivity contribution in [2.75, 3.05) is 16.8 Å². The topological polar surface area (TPSA) is 109 Å². The number of nitrogens with zero attached hydrogens (tertiary/aromatic N) is 1. The number of amides is 3. The third-order valence-corrected chi connectivity index (χ3v) is 12.6. The Balaban J connectivity index is 1.12. The van der Waals surface area contributed by atoms with Crippen molar-refractivity contribution >= 4 is 52.2 Å². The highest BCUT2D eigenvalue weighted by atomic mass is 32.2. The summed E-state index contributed by atoms with van der Waals surface area (Å²) in [4.78, 5) is 58.7. The van der Waals surface area contributed by atoms with Gasteiger partial charge in [0, 0.05) is 27.3 Å². The maximum Gasteiger partial charge on any atom is 0.305 e. The van der Waals surface area contributed by atoms with Crippen molar-refractivity contribution in [2.45, 2.75) is 36.5 Å². The number of imide groups is 1. The first-order valence-electron chi connectivity index (χ1n) is 15.2. The Kier molecular flexibility index (Phi) is 6.76. The summed E-state index contributed by atoms with van der Waals surface area (Å²) in [6.45, 7) is 3.80. The van der Waals surface area contributed by atoms with Crippen molar-refractivity contribution < 1.29 is 19.1 Å². The molecule has 228 valence electrons. The van der Waals surface area contributed by atoms with Crippen LogP contribution in [0.1, 0.15) is 33.9 Å². The van der Waals surface area contributed by atoms with E-state index in [2.05, 4.69) is 10.3 Å². The quantitative estimate of drug-likeness (QED) is 0.261. The van der Waals surface area contributed by atoms with Gasteiger partial charge in [-0.05, 0) is 68.4 Å². The molecule has 4 aliphatic rings. The number of hydrogen-bond donors (Lipinski definition) is 2. The lowest BCUT2D eigenvalue weighted by Gasteiger charge is -2.43. The van der Waals surface area contributed by atoms with Crippen LogP contribution in [-0.4, -0.2) is 34.6 Å². The average molecular weight is 638 g/mol. The summed E-state index contributed by atoms with van der Waals surface area (Å²) >= 11 is 2.86. The fourth-order valence-corrected chi connectivity index (χ4v) is 11.0. The summed E-state index contributed by atoms with van der Waals surface area (Å²) in [6, 6.07) is 22.8. The third-order valence-electron chi connectivity index (χ3n) is 9.96. The monoisotopic (exact) mass is 637 g/mol. The van der Waals surface area contributed by atoms with Gasteiger partial charge in [0.1, 0.15) is 5.75 Å². The molecule has 2 aliphatic carbocycles. The number of aryl methyl sites for hydroxylation is 2. The molecular weight excluding hydrogens is 607 g/mol. The van der Waals surface area contributed by atoms with E-state index in [-0.39, 0.29) is 64.0 Å². The molecule has 6 unspecified atom stereocenters. The Labute approximate surface area is 268 Å². The molecule has 0 radical (unpaired) electrons. The van der Waals surface area contributed by atoms with E-state index in [1.165, 1.54) is 16.2 Å². The minimum Gasteiger partial charge on any atom is -0.483 e. The van der Waals surface area contributed by atoms with Crippen molar-refractivity contribution in [3.63, 3.8) is 0 Å². The van der Waals surface area contributed by atoms with Crippen LogP contribution in [0.2, 0.25) is 0 Å². The van der Waals surface area contributed by atoms with Gasteiger partial charge < -0.3 is 15.0 Å². The number of para-hydroxylation sites is 1. The lowest BCUT2D eigenvalue weighted by molar-refractivity contribution is -0.123. The van der Waals surface area contributed by atoms with Crippen LogP contribution in [0.3, 0.4) is 0 Å². The molecule has 3 aromatic carbocycles. The molecule has 1 aromatic heterocycles. The molecule has 2 saturated carbocycles. The van der Waals surface area contributed by atoms with E-state index in [9.17, 15) is 19.2 Å². The highest BCUT2D eigenvalue weighted by Gasteiger charge is 2.69. The SMILES string of the molecule is Cc1ccc(NC(=O)COc2ccccc2[C@H]2c3sc(=O)[nH]c3SC3C4CC(C5C(=O)N(c6ccc(C)cc6)C(=O)C45)C32)cc1. The summed E-state index contributed by atoms with van der Waals surface area (Å²) < 4.78 is 6.18. The summed E-state index contributed by atoms with van der Waals surface area (Å²) in [7, 11) is 0. The molecule has 3 fully saturated rings. The van der Waals surface area contributed by atoms with Crippen LogP contribution in [0.5, 0.6) is 5.75 Å². The normalized spacial score (nSPS) is 27.7. The van der Waals surface area contributed by atoms with Crippen LogP contribution < -0.4 is 19.8 Å². The van der Waals surface area contributed by atoms with Crippen LogP contribution >= 0.6 is 23.1 Å². The Hall–Kier alpha value is -4.15. The van der Waals surface area contributed by atoms with Gasteiger partial charge in [0.15, 0.2) is 6.61 Å². The van der Waals surface area contributed by atoms with Gasteiger partial charge in [0.25, 0.3) is 5.91 Å². The van der Waals surface area contributed by atoms with Gasteiger partial charge in [-0.3, -0.25) is 24.1 Å². The Morgan fingerprint density at radius 3 is 2.31 bits per heavy atom. The standard InChI is InChI=1S/C35H31N3O5S2/c1-17-7-11-19(12-8-17)36-25(39)16-43-24-6-4-3-5-21(24)26-27-22-15-23(30(27)44-32-31(26)45-35(42)37-32)29-28(22)33(40)38(34(29)41)20-13-9-18(2)10-14-20/h3-14,22-23,26-30H,15-16H2,1-2H3,(H,36,39)(H,37,42)/t22?,23?,26-,27?,28?,29?,30?/m1/s1. The highest BCUT2D eigenvalue weighted by Crippen LogP contribution is 2.69. The van der Waals surface area contributed by atoms with Gasteiger partial charge in [-0.15, -0.1) is 11.8 Å². The van der Waals surface area contributed by atoms with E-state index in [0.29, 0.717) is 17.1 Å². The number of thioether (sulfide) groups is 1. The molecule has 3 heterocycles. The molecule has 2 bridgehead atoms. The molecule has 3 amide bonds. The number of nitrogens with one attached hydrogen (secondary N) is 2. The van der Waals surface area contributed by atoms with Gasteiger partial charge in [0.2, 0.25) is 11.8 Å². The third kappa shape index (κ3) is 4.56. The van der Waals surface area contributed by atoms with Crippen LogP contribution in [0.15, 0.2) is 82.6 Å². The zero-order valence-corrected chi connectivity index (χ0v) is 26.3. The zero-order chi connectivity index (χ0) is 31.0. The molecule has 1 saturated heterocycles. The molecule has 8 nitrogen and oxygen atoms in total. The molecule has 7 atom stereocenters. The summed E-state index contributed by atoms with van der Waals surface area (Å²) in [5, 5.41) is 3.78. The fraction of sp³-hybridized carbons (Fsp3) is 0.314. The summed E-state index contributed by atoms with van der Waals surface area (Å²) in [5.41, 5.74) is 4.39. The molecule has 2 aliphatic heterocycles. The number of aromatic amines is 1. The number of aromatic nitrogens is 1. The molecule has 8 rings (SSSR count). The van der Waals surface area contributed by atoms with Crippen LogP contribution in [0, 0.1) is 43.4 Å². The summed E-state index contributed by atoms with van der Waals surface area (Å²) in [6.07, 6.45) is 0.800. The first-order chi connectivity index (χ1) is 21.8. The average Bonchev–Trinajstić information content (AvgIpc) is 3.77. The molecule has 45 heavy (non-hydrogen) atoms. The van der Waals surface area contributed by atoms with Crippen molar-refractivity contribution in [3.8, 4) is 5.75 Å². The number of fused-ring (bicyclic) bond motifs is 9. The van der Waals surface area contributed by atoms with Gasteiger partial charge in [-0.1, -0.05) is 64.9 Å². The van der Waals surface area contributed by atoms with Crippen LogP contribution in [0.25, 0.3) is 0 Å². The van der Waals surface area contributed by atoms with E-state index < -0.39 is 5.92 Å². The lowest BCUT2D eigenvalue weighted by Crippen LogP contribution is -2.42. The van der Waals surface area contributed by atoms with Crippen molar-refractivity contribution in [1.29, 1.82) is 0 Å². The fourth-order valence-electron chi connectivity index (χ4n) is 8.16. The highest BCUT2D eigenvalue weighted by molar-refractivity contribution is 8.00. The number of carbonyl (C=O) groups excluding carboxylic acids is 3. The largest absolute Gasteiger partial charge is 0.483 e. The number of thiazole rings is 1. The number of hydrogen-bond acceptors (Lipinski definition) is 7. The predicted octanol–water partition coefficient (Wildman–Crippen LogP) is 5.75. The van der Waals surface area contributed by atoms with Crippen LogP contribution in [-0.2, 0) is 14.4 Å². The number of anilines is 2. The smallest absolute Gasteiger partial charge is 0.305 e. The number of benzene rings is 3. The number of H-pyrrole nitrogens is 1. The van der Waals surface area contributed by atoms with Crippen molar-refractivity contribution in [3.05, 3.63) is 104 Å². The number of carbonyl (C=O) groups is 3. The van der Waals surface area contributed by atoms with Gasteiger partial charge in [0.05, 0.1) is 22.5 Å². The summed E-state index contributed by atoms with van der Waals surface area (Å²) in [5.74, 6) is -0.841. The lowest BCUT2D eigenvalue weighted by atomic mass is 9.68. The second-order valence-electron chi connectivity index (χ2n) is 12.5. The minimum atomic E-state index is -0.390. The number of ether oxygens (including phenoxy) is 1. The predicted molar refractivity (Wildman–Crippen MR) is 174 cm³/mol. The molecule has 0 spiro atoms. The van der Waals surface area contributed by atoms with E-state index in [1.807, 2.05) is 86.6 Å². The Morgan fingerprint density at radius 1 is 0.911 bits per heavy atom. The van der Waals surface area contributed by atoms with Crippen LogP contribution in [0.4, 0.5) is 11.4 Å². The maximum atomic E-state index is 14.0. The number of rotatable bonds is 6. The van der Waals surface area contributed by atoms with Gasteiger partial charge in [-0.25, -0.2) is 0 Å². The van der Waals surface area contributed by atoms with Crippen molar-refractivity contribution in [2.24, 2.45) is 29.6 Å². The zero-order valence-electron chi connectivity index (χ0n) is 24.7. The second kappa shape index (κ2) is 10.7. The Bertz CT molecular complexity index is 1900. The van der Waals surface area contributed by atoms with E-state index in [1.54, 1.807) is 11.8 Å². The molecular formula is C35H31N3O5S2. The van der Waals surface area contributed by atoms with E-state index in [4.69, 9.17) is 4.74 Å². The maximum absolute atomic E-state index is 14.0. The van der Waals surface area contributed by atoms with Gasteiger partial charge in [-0.2, -0.15) is 0 Å². The van der Waals surface area contributed by atoms with E-state index in [0.717, 1.165) is 33.0 Å². The van der Waals surface area contributed by atoms with E-state index >= 15 is 0 Å². The second-order valence-corrected chi connectivity index (χ2v) is 14.8. The first-order valence-corrected chi connectivity index (χ1v) is 16.9. The molecule has 10 heteroatoms. The first kappa shape index (κ1) is 28.3. The van der Waals surface area contributed by atoms with Crippen molar-refractivity contribution in [1.82, 2.24) is 4.98 Å². The molecule has 4 aromatic rings.